The van der Waals surface area contributed by atoms with Gasteiger partial charge in [-0.2, -0.15) is 0 Å². The van der Waals surface area contributed by atoms with E-state index in [9.17, 15) is 13.2 Å². The Kier molecular flexibility index (Phi) is 5.13. The number of halogens is 4. The summed E-state index contributed by atoms with van der Waals surface area (Å²) in [6.07, 6.45) is 5.65. The molecule has 3 nitrogen and oxygen atoms in total. The molecule has 31 heavy (non-hydrogen) atoms. The summed E-state index contributed by atoms with van der Waals surface area (Å²) in [5, 5.41) is 0.718. The van der Waals surface area contributed by atoms with Crippen LogP contribution in [0.5, 0.6) is 0 Å². The quantitative estimate of drug-likeness (QED) is 0.338. The van der Waals surface area contributed by atoms with Gasteiger partial charge in [0.25, 0.3) is 0 Å². The first kappa shape index (κ1) is 20.3. The van der Waals surface area contributed by atoms with E-state index in [-0.39, 0.29) is 27.8 Å². The smallest absolute Gasteiger partial charge is 0.151 e. The van der Waals surface area contributed by atoms with Crippen LogP contribution < -0.4 is 0 Å². The maximum absolute atomic E-state index is 14.1. The SMILES string of the molecule is C[C@@H](c1nc2c(Cl)c(F)cc(F)c2[nH]1)[C@H]1CC[C@@H](c2ccnc3ccc(F)cc32)CC1. The van der Waals surface area contributed by atoms with Gasteiger partial charge in [-0.3, -0.25) is 4.98 Å². The first-order chi connectivity index (χ1) is 14.9. The molecule has 0 bridgehead atoms. The van der Waals surface area contributed by atoms with E-state index in [1.165, 1.54) is 6.07 Å². The minimum Gasteiger partial charge on any atom is -0.339 e. The van der Waals surface area contributed by atoms with Crippen molar-refractivity contribution in [2.45, 2.75) is 44.4 Å². The van der Waals surface area contributed by atoms with E-state index in [1.54, 1.807) is 18.3 Å². The summed E-state index contributed by atoms with van der Waals surface area (Å²) < 4.78 is 41.7. The Balaban J connectivity index is 1.36. The number of pyridine rings is 1. The standard InChI is InChI=1S/C24H21ClF3N3/c1-12(24-30-22-19(28)11-18(27)21(25)23(22)31-24)13-2-4-14(5-3-13)16-8-9-29-20-7-6-15(26)10-17(16)20/h6-14H,2-5H2,1H3,(H,30,31)/t12-,13-,14+/m1/s1. The van der Waals surface area contributed by atoms with Crippen molar-refractivity contribution in [3.05, 3.63) is 70.4 Å². The second-order valence-corrected chi connectivity index (χ2v) is 8.84. The number of nitrogens with one attached hydrogen (secondary N) is 1. The normalized spacial score (nSPS) is 20.4. The third-order valence-electron chi connectivity index (χ3n) is 6.72. The molecule has 1 N–H and O–H groups in total. The molecule has 0 spiro atoms. The number of H-pyrrole nitrogens is 1. The van der Waals surface area contributed by atoms with Crippen LogP contribution in [0.1, 0.15) is 55.8 Å². The third-order valence-corrected chi connectivity index (χ3v) is 7.08. The molecule has 0 saturated heterocycles. The van der Waals surface area contributed by atoms with Crippen molar-refractivity contribution in [2.24, 2.45) is 5.92 Å². The second-order valence-electron chi connectivity index (χ2n) is 8.46. The summed E-state index contributed by atoms with van der Waals surface area (Å²) in [6, 6.07) is 7.50. The van der Waals surface area contributed by atoms with Gasteiger partial charge in [0.15, 0.2) is 5.82 Å². The molecule has 2 aromatic carbocycles. The highest BCUT2D eigenvalue weighted by molar-refractivity contribution is 6.35. The largest absolute Gasteiger partial charge is 0.339 e. The van der Waals surface area contributed by atoms with Crippen LogP contribution in [0.15, 0.2) is 36.5 Å². The first-order valence-corrected chi connectivity index (χ1v) is 10.9. The van der Waals surface area contributed by atoms with Gasteiger partial charge in [0.1, 0.15) is 33.5 Å². The molecule has 0 amide bonds. The number of hydrogen-bond acceptors (Lipinski definition) is 2. The van der Waals surface area contributed by atoms with E-state index in [0.29, 0.717) is 17.7 Å². The molecule has 5 rings (SSSR count). The molecule has 4 aromatic rings. The topological polar surface area (TPSA) is 41.6 Å². The predicted octanol–water partition coefficient (Wildman–Crippen LogP) is 7.26. The zero-order valence-electron chi connectivity index (χ0n) is 16.9. The molecule has 1 aliphatic rings. The Morgan fingerprint density at radius 1 is 1.03 bits per heavy atom. The molecule has 2 heterocycles. The third kappa shape index (κ3) is 3.57. The van der Waals surface area contributed by atoms with Crippen molar-refractivity contribution < 1.29 is 13.2 Å². The lowest BCUT2D eigenvalue weighted by atomic mass is 9.73. The highest BCUT2D eigenvalue weighted by Crippen LogP contribution is 2.43. The number of rotatable bonds is 3. The van der Waals surface area contributed by atoms with Crippen molar-refractivity contribution in [1.29, 1.82) is 0 Å². The average Bonchev–Trinajstić information content (AvgIpc) is 3.23. The number of aromatic amines is 1. The second kappa shape index (κ2) is 7.83. The Morgan fingerprint density at radius 3 is 2.58 bits per heavy atom. The lowest BCUT2D eigenvalue weighted by Gasteiger charge is -2.32. The van der Waals surface area contributed by atoms with Gasteiger partial charge in [-0.1, -0.05) is 18.5 Å². The summed E-state index contributed by atoms with van der Waals surface area (Å²) in [5.74, 6) is -0.376. The van der Waals surface area contributed by atoms with Gasteiger partial charge in [-0.25, -0.2) is 18.2 Å². The Bertz CT molecular complexity index is 1280. The number of fused-ring (bicyclic) bond motifs is 2. The van der Waals surface area contributed by atoms with Crippen molar-refractivity contribution in [1.82, 2.24) is 15.0 Å². The highest BCUT2D eigenvalue weighted by atomic mass is 35.5. The van der Waals surface area contributed by atoms with Crippen molar-refractivity contribution in [3.8, 4) is 0 Å². The fourth-order valence-corrected chi connectivity index (χ4v) is 5.14. The minimum absolute atomic E-state index is 0.0542. The fraction of sp³-hybridized carbons (Fsp3) is 0.333. The number of aromatic nitrogens is 3. The van der Waals surface area contributed by atoms with Crippen LogP contribution >= 0.6 is 11.6 Å². The molecule has 1 aliphatic carbocycles. The molecule has 1 saturated carbocycles. The number of imidazole rings is 1. The molecule has 0 radical (unpaired) electrons. The maximum Gasteiger partial charge on any atom is 0.151 e. The van der Waals surface area contributed by atoms with Crippen LogP contribution in [-0.2, 0) is 0 Å². The molecule has 160 valence electrons. The van der Waals surface area contributed by atoms with Crippen LogP contribution in [0.3, 0.4) is 0 Å². The molecule has 1 fully saturated rings. The van der Waals surface area contributed by atoms with E-state index < -0.39 is 11.6 Å². The zero-order chi connectivity index (χ0) is 21.7. The van der Waals surface area contributed by atoms with Gasteiger partial charge in [-0.15, -0.1) is 0 Å². The lowest BCUT2D eigenvalue weighted by Crippen LogP contribution is -2.19. The fourth-order valence-electron chi connectivity index (χ4n) is 4.95. The summed E-state index contributed by atoms with van der Waals surface area (Å²) in [5.41, 5.74) is 2.23. The average molecular weight is 444 g/mol. The van der Waals surface area contributed by atoms with E-state index in [2.05, 4.69) is 21.9 Å². The van der Waals surface area contributed by atoms with Crippen LogP contribution in [0, 0.1) is 23.4 Å². The zero-order valence-corrected chi connectivity index (χ0v) is 17.7. The molecule has 1 atom stereocenters. The molecular formula is C24H21ClF3N3. The summed E-state index contributed by atoms with van der Waals surface area (Å²) in [4.78, 5) is 11.8. The molecule has 0 unspecified atom stereocenters. The van der Waals surface area contributed by atoms with E-state index in [4.69, 9.17) is 11.6 Å². The lowest BCUT2D eigenvalue weighted by molar-refractivity contribution is 0.286. The van der Waals surface area contributed by atoms with Crippen LogP contribution in [0.4, 0.5) is 13.2 Å². The molecule has 0 aliphatic heterocycles. The van der Waals surface area contributed by atoms with Crippen molar-refractivity contribution in [2.75, 3.05) is 0 Å². The van der Waals surface area contributed by atoms with E-state index in [1.807, 2.05) is 6.07 Å². The Morgan fingerprint density at radius 2 is 1.81 bits per heavy atom. The number of hydrogen-bond donors (Lipinski definition) is 1. The summed E-state index contributed by atoms with van der Waals surface area (Å²) >= 11 is 5.99. The molecular weight excluding hydrogens is 423 g/mol. The van der Waals surface area contributed by atoms with Crippen molar-refractivity contribution >= 4 is 33.5 Å². The minimum atomic E-state index is -0.807. The van der Waals surface area contributed by atoms with Gasteiger partial charge in [0, 0.05) is 23.6 Å². The van der Waals surface area contributed by atoms with Crippen LogP contribution in [-0.4, -0.2) is 15.0 Å². The number of nitrogens with zero attached hydrogens (tertiary/aromatic N) is 2. The van der Waals surface area contributed by atoms with E-state index in [0.717, 1.165) is 48.2 Å². The van der Waals surface area contributed by atoms with E-state index >= 15 is 0 Å². The highest BCUT2D eigenvalue weighted by Gasteiger charge is 2.30. The van der Waals surface area contributed by atoms with Gasteiger partial charge >= 0.3 is 0 Å². The van der Waals surface area contributed by atoms with Gasteiger partial charge in [-0.05, 0) is 67.3 Å². The summed E-state index contributed by atoms with van der Waals surface area (Å²) in [6.45, 7) is 2.06. The molecule has 2 aromatic heterocycles. The Labute approximate surface area is 182 Å². The predicted molar refractivity (Wildman–Crippen MR) is 116 cm³/mol. The van der Waals surface area contributed by atoms with Crippen molar-refractivity contribution in [3.63, 3.8) is 0 Å². The monoisotopic (exact) mass is 443 g/mol. The summed E-state index contributed by atoms with van der Waals surface area (Å²) in [7, 11) is 0. The van der Waals surface area contributed by atoms with Gasteiger partial charge < -0.3 is 4.98 Å². The first-order valence-electron chi connectivity index (χ1n) is 10.5. The van der Waals surface area contributed by atoms with Gasteiger partial charge in [0.05, 0.1) is 5.52 Å². The van der Waals surface area contributed by atoms with Crippen LogP contribution in [0.2, 0.25) is 5.02 Å². The molecule has 7 heteroatoms. The number of benzene rings is 2. The maximum atomic E-state index is 14.1. The van der Waals surface area contributed by atoms with Crippen LogP contribution in [0.25, 0.3) is 21.9 Å². The van der Waals surface area contributed by atoms with Gasteiger partial charge in [0.2, 0.25) is 0 Å². The Hall–Kier alpha value is -2.60.